The van der Waals surface area contributed by atoms with Gasteiger partial charge in [0.05, 0.1) is 14.2 Å². The van der Waals surface area contributed by atoms with Crippen molar-refractivity contribution in [2.24, 2.45) is 0 Å². The highest BCUT2D eigenvalue weighted by atomic mass is 16.5. The van der Waals surface area contributed by atoms with E-state index in [2.05, 4.69) is 35.6 Å². The molecule has 6 nitrogen and oxygen atoms in total. The van der Waals surface area contributed by atoms with Gasteiger partial charge in [-0.3, -0.25) is 4.90 Å². The zero-order valence-electron chi connectivity index (χ0n) is 15.7. The van der Waals surface area contributed by atoms with E-state index in [0.717, 1.165) is 37.4 Å². The molecule has 1 aliphatic rings. The van der Waals surface area contributed by atoms with Gasteiger partial charge in [-0.1, -0.05) is 20.8 Å². The van der Waals surface area contributed by atoms with Crippen molar-refractivity contribution in [1.29, 1.82) is 0 Å². The molecule has 0 unspecified atom stereocenters. The van der Waals surface area contributed by atoms with Crippen LogP contribution in [0.15, 0.2) is 18.3 Å². The molecule has 0 fully saturated rings. The number of aromatic nitrogens is 3. The number of methoxy groups -OCH3 is 2. The molecule has 0 saturated heterocycles. The van der Waals surface area contributed by atoms with Crippen LogP contribution < -0.4 is 9.47 Å². The van der Waals surface area contributed by atoms with E-state index >= 15 is 0 Å². The van der Waals surface area contributed by atoms with Crippen LogP contribution in [0, 0.1) is 0 Å². The Morgan fingerprint density at radius 2 is 1.92 bits per heavy atom. The molecule has 0 saturated carbocycles. The zero-order chi connectivity index (χ0) is 18.0. The monoisotopic (exact) mass is 342 g/mol. The first-order valence-corrected chi connectivity index (χ1v) is 8.56. The molecule has 1 aliphatic heterocycles. The van der Waals surface area contributed by atoms with Crippen molar-refractivity contribution in [2.45, 2.75) is 45.7 Å². The number of pyridine rings is 1. The van der Waals surface area contributed by atoms with E-state index in [1.54, 1.807) is 14.2 Å². The Kier molecular flexibility index (Phi) is 4.90. The second-order valence-corrected chi connectivity index (χ2v) is 7.40. The lowest BCUT2D eigenvalue weighted by Crippen LogP contribution is -2.32. The minimum atomic E-state index is -0.0195. The molecular weight excluding hydrogens is 316 g/mol. The average molecular weight is 342 g/mol. The van der Waals surface area contributed by atoms with Gasteiger partial charge >= 0.3 is 0 Å². The third kappa shape index (κ3) is 3.90. The van der Waals surface area contributed by atoms with Gasteiger partial charge in [0.25, 0.3) is 0 Å². The Labute approximate surface area is 149 Å². The van der Waals surface area contributed by atoms with E-state index in [1.807, 2.05) is 18.3 Å². The van der Waals surface area contributed by atoms with Gasteiger partial charge in [-0.05, 0) is 6.07 Å². The van der Waals surface area contributed by atoms with Crippen LogP contribution in [0.5, 0.6) is 11.8 Å². The number of hydrogen-bond acceptors (Lipinski definition) is 6. The summed E-state index contributed by atoms with van der Waals surface area (Å²) in [4.78, 5) is 16.1. The van der Waals surface area contributed by atoms with Crippen molar-refractivity contribution in [1.82, 2.24) is 19.9 Å². The quantitative estimate of drug-likeness (QED) is 0.851. The predicted octanol–water partition coefficient (Wildman–Crippen LogP) is 2.74. The Morgan fingerprint density at radius 3 is 2.60 bits per heavy atom. The molecular formula is C19H26N4O2. The van der Waals surface area contributed by atoms with Crippen molar-refractivity contribution in [2.75, 3.05) is 20.8 Å². The molecule has 0 aliphatic carbocycles. The second kappa shape index (κ2) is 6.96. The molecule has 0 aromatic carbocycles. The number of rotatable bonds is 4. The van der Waals surface area contributed by atoms with Crippen LogP contribution in [0.4, 0.5) is 0 Å². The van der Waals surface area contributed by atoms with E-state index < -0.39 is 0 Å². The lowest BCUT2D eigenvalue weighted by Gasteiger charge is -2.29. The first kappa shape index (κ1) is 17.6. The third-order valence-electron chi connectivity index (χ3n) is 4.39. The maximum atomic E-state index is 5.41. The topological polar surface area (TPSA) is 60.4 Å². The fourth-order valence-electron chi connectivity index (χ4n) is 2.97. The van der Waals surface area contributed by atoms with Crippen LogP contribution in [0.1, 0.15) is 43.4 Å². The molecule has 3 heterocycles. The van der Waals surface area contributed by atoms with Crippen LogP contribution in [-0.4, -0.2) is 40.6 Å². The van der Waals surface area contributed by atoms with Gasteiger partial charge < -0.3 is 9.47 Å². The van der Waals surface area contributed by atoms with Gasteiger partial charge in [0.1, 0.15) is 5.82 Å². The highest BCUT2D eigenvalue weighted by Gasteiger charge is 2.23. The molecule has 0 atom stereocenters. The molecule has 0 radical (unpaired) electrons. The summed E-state index contributed by atoms with van der Waals surface area (Å²) in [5, 5.41) is 0. The Hall–Kier alpha value is -2.21. The van der Waals surface area contributed by atoms with Gasteiger partial charge in [-0.15, -0.1) is 0 Å². The van der Waals surface area contributed by atoms with Crippen LogP contribution in [0.2, 0.25) is 0 Å². The molecule has 0 bridgehead atoms. The van der Waals surface area contributed by atoms with Gasteiger partial charge in [0.15, 0.2) is 0 Å². The fraction of sp³-hybridized carbons (Fsp3) is 0.526. The second-order valence-electron chi connectivity index (χ2n) is 7.40. The maximum Gasteiger partial charge on any atom is 0.220 e. The first-order valence-electron chi connectivity index (χ1n) is 8.56. The summed E-state index contributed by atoms with van der Waals surface area (Å²) in [6.07, 6.45) is 2.92. The third-order valence-corrected chi connectivity index (χ3v) is 4.39. The van der Waals surface area contributed by atoms with Crippen molar-refractivity contribution < 1.29 is 9.47 Å². The molecule has 6 heteroatoms. The largest absolute Gasteiger partial charge is 0.481 e. The van der Waals surface area contributed by atoms with Gasteiger partial charge in [0.2, 0.25) is 11.8 Å². The zero-order valence-corrected chi connectivity index (χ0v) is 15.7. The minimum Gasteiger partial charge on any atom is -0.481 e. The summed E-state index contributed by atoms with van der Waals surface area (Å²) in [6.45, 7) is 9.02. The fourth-order valence-corrected chi connectivity index (χ4v) is 2.97. The minimum absolute atomic E-state index is 0.0195. The van der Waals surface area contributed by atoms with E-state index in [0.29, 0.717) is 11.8 Å². The van der Waals surface area contributed by atoms with Crippen LogP contribution in [0.3, 0.4) is 0 Å². The predicted molar refractivity (Wildman–Crippen MR) is 95.9 cm³/mol. The molecule has 0 spiro atoms. The number of fused-ring (bicyclic) bond motifs is 1. The molecule has 0 amide bonds. The normalized spacial score (nSPS) is 14.9. The lowest BCUT2D eigenvalue weighted by molar-refractivity contribution is 0.237. The number of hydrogen-bond donors (Lipinski definition) is 0. The molecule has 134 valence electrons. The SMILES string of the molecule is COc1ccc(CN2CCc3nc(C(C)(C)C)ncc3C2)c(OC)n1. The molecule has 0 N–H and O–H groups in total. The summed E-state index contributed by atoms with van der Waals surface area (Å²) in [5.74, 6) is 2.10. The first-order chi connectivity index (χ1) is 11.9. The summed E-state index contributed by atoms with van der Waals surface area (Å²) in [6, 6.07) is 3.88. The van der Waals surface area contributed by atoms with Crippen LogP contribution in [0.25, 0.3) is 0 Å². The maximum absolute atomic E-state index is 5.41. The van der Waals surface area contributed by atoms with Crippen molar-refractivity contribution >= 4 is 0 Å². The summed E-state index contributed by atoms with van der Waals surface area (Å²) in [5.41, 5.74) is 3.42. The van der Waals surface area contributed by atoms with Gasteiger partial charge in [0, 0.05) is 60.6 Å². The average Bonchev–Trinajstić information content (AvgIpc) is 2.60. The highest BCUT2D eigenvalue weighted by Crippen LogP contribution is 2.26. The van der Waals surface area contributed by atoms with Crippen molar-refractivity contribution in [3.8, 4) is 11.8 Å². The van der Waals surface area contributed by atoms with Crippen LogP contribution >= 0.6 is 0 Å². The van der Waals surface area contributed by atoms with Gasteiger partial charge in [-0.25, -0.2) is 9.97 Å². The van der Waals surface area contributed by atoms with E-state index in [9.17, 15) is 0 Å². The molecule has 3 rings (SSSR count). The smallest absolute Gasteiger partial charge is 0.220 e. The standard InChI is InChI=1S/C19H26N4O2/c1-19(2,3)18-20-10-14-12-23(9-8-15(14)21-18)11-13-6-7-16(24-4)22-17(13)25-5/h6-7,10H,8-9,11-12H2,1-5H3. The lowest BCUT2D eigenvalue weighted by atomic mass is 9.95. The number of nitrogens with zero attached hydrogens (tertiary/aromatic N) is 4. The van der Waals surface area contributed by atoms with Gasteiger partial charge in [-0.2, -0.15) is 4.98 Å². The molecule has 2 aromatic rings. The summed E-state index contributed by atoms with van der Waals surface area (Å²) in [7, 11) is 3.24. The van der Waals surface area contributed by atoms with Crippen LogP contribution in [-0.2, 0) is 24.9 Å². The van der Waals surface area contributed by atoms with E-state index in [4.69, 9.17) is 14.5 Å². The number of ether oxygens (including phenoxy) is 2. The highest BCUT2D eigenvalue weighted by molar-refractivity contribution is 5.31. The van der Waals surface area contributed by atoms with E-state index in [1.165, 1.54) is 11.3 Å². The summed E-state index contributed by atoms with van der Waals surface area (Å²) < 4.78 is 10.6. The van der Waals surface area contributed by atoms with Crippen molar-refractivity contribution in [3.05, 3.63) is 41.0 Å². The van der Waals surface area contributed by atoms with Crippen molar-refractivity contribution in [3.63, 3.8) is 0 Å². The summed E-state index contributed by atoms with van der Waals surface area (Å²) >= 11 is 0. The Balaban J connectivity index is 1.75. The Morgan fingerprint density at radius 1 is 1.12 bits per heavy atom. The Bertz CT molecular complexity index is 756. The molecule has 25 heavy (non-hydrogen) atoms. The molecule has 2 aromatic heterocycles. The van der Waals surface area contributed by atoms with E-state index in [-0.39, 0.29) is 5.41 Å².